The van der Waals surface area contributed by atoms with Crippen LogP contribution in [-0.2, 0) is 6.61 Å². The van der Waals surface area contributed by atoms with Crippen molar-refractivity contribution in [3.63, 3.8) is 0 Å². The number of benzene rings is 2. The van der Waals surface area contributed by atoms with Gasteiger partial charge >= 0.3 is 0 Å². The Balaban J connectivity index is 1.84. The third-order valence-electron chi connectivity index (χ3n) is 4.07. The SMILES string of the molecule is O=[N+]([O-])c1cccc(OCc2ccccc2)c1/C=C/N1CCCC1. The predicted molar refractivity (Wildman–Crippen MR) is 93.7 cm³/mol. The summed E-state index contributed by atoms with van der Waals surface area (Å²) in [5.41, 5.74) is 1.61. The minimum atomic E-state index is -0.362. The van der Waals surface area contributed by atoms with Gasteiger partial charge in [0.05, 0.1) is 10.5 Å². The van der Waals surface area contributed by atoms with Gasteiger partial charge < -0.3 is 9.64 Å². The van der Waals surface area contributed by atoms with Crippen molar-refractivity contribution in [3.05, 3.63) is 76.0 Å². The van der Waals surface area contributed by atoms with Gasteiger partial charge in [-0.15, -0.1) is 0 Å². The van der Waals surface area contributed by atoms with Crippen molar-refractivity contribution in [2.75, 3.05) is 13.1 Å². The molecule has 24 heavy (non-hydrogen) atoms. The standard InChI is InChI=1S/C19H20N2O3/c22-21(23)18-9-6-10-19(24-15-16-7-2-1-3-8-16)17(18)11-14-20-12-4-5-13-20/h1-3,6-11,14H,4-5,12-13,15H2/b14-11+. The van der Waals surface area contributed by atoms with Gasteiger partial charge in [-0.1, -0.05) is 36.4 Å². The van der Waals surface area contributed by atoms with Crippen LogP contribution < -0.4 is 4.74 Å². The second kappa shape index (κ2) is 7.64. The zero-order valence-corrected chi connectivity index (χ0v) is 13.4. The molecular weight excluding hydrogens is 304 g/mol. The number of ether oxygens (including phenoxy) is 1. The van der Waals surface area contributed by atoms with Crippen LogP contribution in [0.3, 0.4) is 0 Å². The highest BCUT2D eigenvalue weighted by Gasteiger charge is 2.17. The van der Waals surface area contributed by atoms with Crippen LogP contribution in [0.4, 0.5) is 5.69 Å². The summed E-state index contributed by atoms with van der Waals surface area (Å²) in [6.45, 7) is 2.38. The third-order valence-corrected chi connectivity index (χ3v) is 4.07. The molecule has 0 saturated carbocycles. The fourth-order valence-electron chi connectivity index (χ4n) is 2.79. The van der Waals surface area contributed by atoms with Crippen molar-refractivity contribution in [2.45, 2.75) is 19.4 Å². The van der Waals surface area contributed by atoms with Crippen molar-refractivity contribution < 1.29 is 9.66 Å². The van der Waals surface area contributed by atoms with E-state index < -0.39 is 0 Å². The van der Waals surface area contributed by atoms with Crippen LogP contribution >= 0.6 is 0 Å². The summed E-state index contributed by atoms with van der Waals surface area (Å²) in [5, 5.41) is 11.3. The first-order valence-electron chi connectivity index (χ1n) is 8.10. The Morgan fingerprint density at radius 3 is 2.54 bits per heavy atom. The molecule has 5 heteroatoms. The average molecular weight is 324 g/mol. The molecule has 1 saturated heterocycles. The lowest BCUT2D eigenvalue weighted by molar-refractivity contribution is -0.385. The van der Waals surface area contributed by atoms with Gasteiger partial charge in [0.25, 0.3) is 5.69 Å². The molecule has 1 heterocycles. The van der Waals surface area contributed by atoms with E-state index in [4.69, 9.17) is 4.74 Å². The van der Waals surface area contributed by atoms with Crippen LogP contribution in [0.5, 0.6) is 5.75 Å². The van der Waals surface area contributed by atoms with Gasteiger partial charge in [-0.25, -0.2) is 0 Å². The molecule has 1 fully saturated rings. The molecule has 0 spiro atoms. The zero-order chi connectivity index (χ0) is 16.8. The summed E-state index contributed by atoms with van der Waals surface area (Å²) in [4.78, 5) is 13.2. The monoisotopic (exact) mass is 324 g/mol. The molecule has 0 unspecified atom stereocenters. The highest BCUT2D eigenvalue weighted by atomic mass is 16.6. The third kappa shape index (κ3) is 3.93. The van der Waals surface area contributed by atoms with Gasteiger partial charge in [0, 0.05) is 19.2 Å². The second-order valence-corrected chi connectivity index (χ2v) is 5.78. The summed E-state index contributed by atoms with van der Waals surface area (Å²) in [7, 11) is 0. The molecule has 0 aliphatic carbocycles. The quantitative estimate of drug-likeness (QED) is 0.589. The van der Waals surface area contributed by atoms with Crippen molar-refractivity contribution in [2.24, 2.45) is 0 Å². The van der Waals surface area contributed by atoms with Gasteiger partial charge in [0.1, 0.15) is 12.4 Å². The van der Waals surface area contributed by atoms with Gasteiger partial charge in [-0.3, -0.25) is 10.1 Å². The normalized spacial score (nSPS) is 14.2. The van der Waals surface area contributed by atoms with Gasteiger partial charge in [-0.2, -0.15) is 0 Å². The highest BCUT2D eigenvalue weighted by molar-refractivity contribution is 5.67. The number of hydrogen-bond donors (Lipinski definition) is 0. The van der Waals surface area contributed by atoms with Crippen molar-refractivity contribution in [3.8, 4) is 5.75 Å². The lowest BCUT2D eigenvalue weighted by Gasteiger charge is -2.12. The largest absolute Gasteiger partial charge is 0.488 e. The second-order valence-electron chi connectivity index (χ2n) is 5.78. The molecule has 124 valence electrons. The van der Waals surface area contributed by atoms with Gasteiger partial charge in [-0.05, 0) is 36.7 Å². The average Bonchev–Trinajstić information content (AvgIpc) is 3.12. The van der Waals surface area contributed by atoms with Crippen LogP contribution in [0.15, 0.2) is 54.7 Å². The van der Waals surface area contributed by atoms with E-state index >= 15 is 0 Å². The first-order valence-corrected chi connectivity index (χ1v) is 8.10. The lowest BCUT2D eigenvalue weighted by atomic mass is 10.1. The Kier molecular flexibility index (Phi) is 5.11. The van der Waals surface area contributed by atoms with Crippen LogP contribution in [-0.4, -0.2) is 22.9 Å². The molecule has 5 nitrogen and oxygen atoms in total. The van der Waals surface area contributed by atoms with E-state index in [1.54, 1.807) is 18.2 Å². The summed E-state index contributed by atoms with van der Waals surface area (Å²) in [5.74, 6) is 0.531. The summed E-state index contributed by atoms with van der Waals surface area (Å²) in [6, 6.07) is 14.7. The number of rotatable bonds is 6. The predicted octanol–water partition coefficient (Wildman–Crippen LogP) is 4.24. The van der Waals surface area contributed by atoms with E-state index in [0.717, 1.165) is 18.7 Å². The Hall–Kier alpha value is -2.82. The molecule has 0 N–H and O–H groups in total. The van der Waals surface area contributed by atoms with E-state index in [1.807, 2.05) is 36.5 Å². The molecule has 1 aliphatic heterocycles. The van der Waals surface area contributed by atoms with E-state index in [1.165, 1.54) is 18.9 Å². The Labute approximate surface area is 141 Å². The first kappa shape index (κ1) is 16.1. The number of nitro groups is 1. The number of nitro benzene ring substituents is 1. The van der Waals surface area contributed by atoms with Crippen molar-refractivity contribution in [1.29, 1.82) is 0 Å². The van der Waals surface area contributed by atoms with Gasteiger partial charge in [0.15, 0.2) is 0 Å². The summed E-state index contributed by atoms with van der Waals surface area (Å²) >= 11 is 0. The lowest BCUT2D eigenvalue weighted by Crippen LogP contribution is -2.10. The number of likely N-dealkylation sites (tertiary alicyclic amines) is 1. The maximum Gasteiger partial charge on any atom is 0.280 e. The topological polar surface area (TPSA) is 55.6 Å². The summed E-state index contributed by atoms with van der Waals surface area (Å²) < 4.78 is 5.86. The molecule has 3 rings (SSSR count). The Morgan fingerprint density at radius 1 is 1.08 bits per heavy atom. The van der Waals surface area contributed by atoms with Crippen LogP contribution in [0.25, 0.3) is 6.08 Å². The zero-order valence-electron chi connectivity index (χ0n) is 13.4. The smallest absolute Gasteiger partial charge is 0.280 e. The first-order chi connectivity index (χ1) is 11.7. The van der Waals surface area contributed by atoms with Crippen LogP contribution in [0.1, 0.15) is 24.0 Å². The number of nitrogens with zero attached hydrogens (tertiary/aromatic N) is 2. The molecular formula is C19H20N2O3. The van der Waals surface area contributed by atoms with Crippen LogP contribution in [0, 0.1) is 10.1 Å². The fraction of sp³-hybridized carbons (Fsp3) is 0.263. The molecule has 0 aromatic heterocycles. The molecule has 0 amide bonds. The molecule has 2 aromatic rings. The highest BCUT2D eigenvalue weighted by Crippen LogP contribution is 2.30. The fourth-order valence-corrected chi connectivity index (χ4v) is 2.79. The van der Waals surface area contributed by atoms with Crippen molar-refractivity contribution in [1.82, 2.24) is 4.90 Å². The maximum absolute atomic E-state index is 11.3. The Bertz CT molecular complexity index is 723. The Morgan fingerprint density at radius 2 is 1.83 bits per heavy atom. The maximum atomic E-state index is 11.3. The molecule has 0 bridgehead atoms. The minimum Gasteiger partial charge on any atom is -0.488 e. The number of hydrogen-bond acceptors (Lipinski definition) is 4. The van der Waals surface area contributed by atoms with Gasteiger partial charge in [0.2, 0.25) is 0 Å². The summed E-state index contributed by atoms with van der Waals surface area (Å²) in [6.07, 6.45) is 6.06. The van der Waals surface area contributed by atoms with Crippen LogP contribution in [0.2, 0.25) is 0 Å². The van der Waals surface area contributed by atoms with E-state index in [2.05, 4.69) is 4.90 Å². The molecule has 1 aliphatic rings. The van der Waals surface area contributed by atoms with Crippen molar-refractivity contribution >= 4 is 11.8 Å². The minimum absolute atomic E-state index is 0.0657. The van der Waals surface area contributed by atoms with E-state index in [0.29, 0.717) is 17.9 Å². The molecule has 0 atom stereocenters. The van der Waals surface area contributed by atoms with E-state index in [9.17, 15) is 10.1 Å². The molecule has 0 radical (unpaired) electrons. The molecule has 2 aromatic carbocycles. The van der Waals surface area contributed by atoms with E-state index in [-0.39, 0.29) is 10.6 Å².